The summed E-state index contributed by atoms with van der Waals surface area (Å²) in [5, 5.41) is 8.85. The predicted molar refractivity (Wildman–Crippen MR) is 74.2 cm³/mol. The van der Waals surface area contributed by atoms with Crippen LogP contribution in [0.1, 0.15) is 30.5 Å². The first-order valence-electron chi connectivity index (χ1n) is 6.96. The third-order valence-corrected chi connectivity index (χ3v) is 3.77. The number of piperidine rings is 1. The number of amides is 1. The quantitative estimate of drug-likeness (QED) is 0.907. The van der Waals surface area contributed by atoms with Crippen LogP contribution in [-0.2, 0) is 16.0 Å². The van der Waals surface area contributed by atoms with Gasteiger partial charge in [0.15, 0.2) is 0 Å². The van der Waals surface area contributed by atoms with Crippen LogP contribution in [0.4, 0.5) is 0 Å². The molecule has 0 bridgehead atoms. The Labute approximate surface area is 118 Å². The fourth-order valence-corrected chi connectivity index (χ4v) is 2.66. The Balaban J connectivity index is 1.95. The van der Waals surface area contributed by atoms with Crippen molar-refractivity contribution >= 4 is 11.9 Å². The Morgan fingerprint density at radius 2 is 2.30 bits per heavy atom. The summed E-state index contributed by atoms with van der Waals surface area (Å²) in [6.45, 7) is 3.22. The molecule has 1 aliphatic rings. The van der Waals surface area contributed by atoms with E-state index in [-0.39, 0.29) is 18.2 Å². The highest BCUT2D eigenvalue weighted by Crippen LogP contribution is 2.20. The van der Waals surface area contributed by atoms with E-state index in [4.69, 9.17) is 5.11 Å². The number of carboxylic acids is 1. The van der Waals surface area contributed by atoms with Crippen LogP contribution >= 0.6 is 0 Å². The van der Waals surface area contributed by atoms with Crippen molar-refractivity contribution in [3.8, 4) is 0 Å². The zero-order valence-corrected chi connectivity index (χ0v) is 11.7. The zero-order chi connectivity index (χ0) is 14.5. The molecule has 0 aliphatic carbocycles. The summed E-state index contributed by atoms with van der Waals surface area (Å²) < 4.78 is 0. The van der Waals surface area contributed by atoms with E-state index in [1.54, 1.807) is 11.1 Å². The molecule has 1 atom stereocenters. The number of aromatic nitrogens is 1. The number of aliphatic carboxylic acids is 1. The second kappa shape index (κ2) is 6.50. The minimum Gasteiger partial charge on any atom is -0.481 e. The van der Waals surface area contributed by atoms with Gasteiger partial charge in [0.2, 0.25) is 5.91 Å². The molecule has 5 nitrogen and oxygen atoms in total. The summed E-state index contributed by atoms with van der Waals surface area (Å²) in [6.07, 6.45) is 3.90. The van der Waals surface area contributed by atoms with Crippen molar-refractivity contribution in [3.63, 3.8) is 0 Å². The summed E-state index contributed by atoms with van der Waals surface area (Å²) in [6, 6.07) is 3.80. The maximum Gasteiger partial charge on any atom is 0.303 e. The van der Waals surface area contributed by atoms with E-state index in [1.165, 1.54) is 0 Å². The maximum atomic E-state index is 12.3. The first-order chi connectivity index (χ1) is 9.56. The molecule has 1 fully saturated rings. The largest absolute Gasteiger partial charge is 0.481 e. The molecule has 1 aromatic heterocycles. The summed E-state index contributed by atoms with van der Waals surface area (Å²) in [5.74, 6) is -0.665. The standard InChI is InChI=1S/C15H20N2O3/c1-11-4-2-6-16-13(11)9-14(18)17-7-3-5-12(10-17)8-15(19)20/h2,4,6,12H,3,5,7-10H2,1H3,(H,19,20). The lowest BCUT2D eigenvalue weighted by Gasteiger charge is -2.32. The van der Waals surface area contributed by atoms with Crippen molar-refractivity contribution in [1.82, 2.24) is 9.88 Å². The molecular formula is C15H20N2O3. The van der Waals surface area contributed by atoms with Gasteiger partial charge in [0, 0.05) is 25.7 Å². The fourth-order valence-electron chi connectivity index (χ4n) is 2.66. The highest BCUT2D eigenvalue weighted by atomic mass is 16.4. The first kappa shape index (κ1) is 14.5. The number of rotatable bonds is 4. The van der Waals surface area contributed by atoms with Gasteiger partial charge in [-0.2, -0.15) is 0 Å². The molecule has 5 heteroatoms. The highest BCUT2D eigenvalue weighted by molar-refractivity contribution is 5.78. The van der Waals surface area contributed by atoms with Crippen LogP contribution in [0.5, 0.6) is 0 Å². The van der Waals surface area contributed by atoms with E-state index >= 15 is 0 Å². The van der Waals surface area contributed by atoms with Gasteiger partial charge < -0.3 is 10.0 Å². The molecule has 0 radical (unpaired) electrons. The number of carbonyl (C=O) groups is 2. The van der Waals surface area contributed by atoms with Gasteiger partial charge in [0.1, 0.15) is 0 Å². The fraction of sp³-hybridized carbons (Fsp3) is 0.533. The number of likely N-dealkylation sites (tertiary alicyclic amines) is 1. The van der Waals surface area contributed by atoms with Gasteiger partial charge in [-0.3, -0.25) is 14.6 Å². The lowest BCUT2D eigenvalue weighted by molar-refractivity contribution is -0.140. The molecule has 1 aliphatic heterocycles. The summed E-state index contributed by atoms with van der Waals surface area (Å²) in [7, 11) is 0. The van der Waals surface area contributed by atoms with Crippen molar-refractivity contribution in [3.05, 3.63) is 29.6 Å². The van der Waals surface area contributed by atoms with Crippen molar-refractivity contribution in [2.75, 3.05) is 13.1 Å². The average Bonchev–Trinajstić information content (AvgIpc) is 2.41. The number of carboxylic acid groups (broad SMARTS) is 1. The van der Waals surface area contributed by atoms with E-state index in [9.17, 15) is 9.59 Å². The van der Waals surface area contributed by atoms with Gasteiger partial charge in [-0.25, -0.2) is 0 Å². The molecule has 1 aromatic rings. The van der Waals surface area contributed by atoms with E-state index in [1.807, 2.05) is 19.1 Å². The molecule has 2 heterocycles. The number of pyridine rings is 1. The van der Waals surface area contributed by atoms with Gasteiger partial charge in [0.05, 0.1) is 12.1 Å². The van der Waals surface area contributed by atoms with Gasteiger partial charge in [-0.05, 0) is 37.3 Å². The molecule has 0 spiro atoms. The Morgan fingerprint density at radius 1 is 1.50 bits per heavy atom. The van der Waals surface area contributed by atoms with E-state index in [0.717, 1.165) is 30.6 Å². The Hall–Kier alpha value is -1.91. The molecule has 0 saturated carbocycles. The molecule has 108 valence electrons. The predicted octanol–water partition coefficient (Wildman–Crippen LogP) is 1.65. The monoisotopic (exact) mass is 276 g/mol. The number of aryl methyl sites for hydroxylation is 1. The number of hydrogen-bond donors (Lipinski definition) is 1. The third kappa shape index (κ3) is 3.79. The van der Waals surface area contributed by atoms with Gasteiger partial charge in [-0.15, -0.1) is 0 Å². The third-order valence-electron chi connectivity index (χ3n) is 3.77. The molecule has 1 amide bonds. The van der Waals surface area contributed by atoms with Crippen molar-refractivity contribution in [2.45, 2.75) is 32.6 Å². The Morgan fingerprint density at radius 3 is 3.00 bits per heavy atom. The second-order valence-corrected chi connectivity index (χ2v) is 5.39. The zero-order valence-electron chi connectivity index (χ0n) is 11.7. The van der Waals surface area contributed by atoms with Crippen LogP contribution in [0.15, 0.2) is 18.3 Å². The molecule has 20 heavy (non-hydrogen) atoms. The lowest BCUT2D eigenvalue weighted by Crippen LogP contribution is -2.41. The van der Waals surface area contributed by atoms with Crippen LogP contribution in [-0.4, -0.2) is 40.0 Å². The van der Waals surface area contributed by atoms with Crippen molar-refractivity contribution < 1.29 is 14.7 Å². The maximum absolute atomic E-state index is 12.3. The van der Waals surface area contributed by atoms with E-state index < -0.39 is 5.97 Å². The van der Waals surface area contributed by atoms with Crippen molar-refractivity contribution in [1.29, 1.82) is 0 Å². The van der Waals surface area contributed by atoms with E-state index in [0.29, 0.717) is 13.0 Å². The van der Waals surface area contributed by atoms with Crippen molar-refractivity contribution in [2.24, 2.45) is 5.92 Å². The first-order valence-corrected chi connectivity index (χ1v) is 6.96. The summed E-state index contributed by atoms with van der Waals surface area (Å²) in [5.41, 5.74) is 1.82. The molecule has 1 saturated heterocycles. The Bertz CT molecular complexity index is 502. The molecule has 0 aromatic carbocycles. The van der Waals surface area contributed by atoms with Gasteiger partial charge in [0.25, 0.3) is 0 Å². The summed E-state index contributed by atoms with van der Waals surface area (Å²) in [4.78, 5) is 29.1. The minimum absolute atomic E-state index is 0.0434. The minimum atomic E-state index is -0.787. The normalized spacial score (nSPS) is 18.9. The number of carbonyl (C=O) groups excluding carboxylic acids is 1. The van der Waals surface area contributed by atoms with Crippen LogP contribution < -0.4 is 0 Å². The van der Waals surface area contributed by atoms with Crippen LogP contribution in [0, 0.1) is 12.8 Å². The number of nitrogens with zero attached hydrogens (tertiary/aromatic N) is 2. The highest BCUT2D eigenvalue weighted by Gasteiger charge is 2.25. The lowest BCUT2D eigenvalue weighted by atomic mass is 9.94. The molecule has 2 rings (SSSR count). The van der Waals surface area contributed by atoms with Gasteiger partial charge >= 0.3 is 5.97 Å². The SMILES string of the molecule is Cc1cccnc1CC(=O)N1CCCC(CC(=O)O)C1. The molecular weight excluding hydrogens is 256 g/mol. The summed E-state index contributed by atoms with van der Waals surface area (Å²) >= 11 is 0. The van der Waals surface area contributed by atoms with Crippen LogP contribution in [0.25, 0.3) is 0 Å². The number of hydrogen-bond acceptors (Lipinski definition) is 3. The Kier molecular flexibility index (Phi) is 4.71. The second-order valence-electron chi connectivity index (χ2n) is 5.39. The molecule has 1 unspecified atom stereocenters. The van der Waals surface area contributed by atoms with Crippen LogP contribution in [0.3, 0.4) is 0 Å². The van der Waals surface area contributed by atoms with Crippen LogP contribution in [0.2, 0.25) is 0 Å². The molecule has 1 N–H and O–H groups in total. The average molecular weight is 276 g/mol. The smallest absolute Gasteiger partial charge is 0.303 e. The van der Waals surface area contributed by atoms with E-state index in [2.05, 4.69) is 4.98 Å². The topological polar surface area (TPSA) is 70.5 Å². The van der Waals surface area contributed by atoms with Gasteiger partial charge in [-0.1, -0.05) is 6.07 Å².